The molecule has 0 bridgehead atoms. The van der Waals surface area contributed by atoms with Crippen molar-refractivity contribution in [3.05, 3.63) is 60.9 Å². The molecular weight excluding hydrogens is 398 g/mol. The van der Waals surface area contributed by atoms with E-state index in [1.54, 1.807) is 42.5 Å². The first-order valence-corrected chi connectivity index (χ1v) is 10.0. The third kappa shape index (κ3) is 5.12. The second kappa shape index (κ2) is 9.22. The molecule has 0 saturated carbocycles. The van der Waals surface area contributed by atoms with E-state index in [0.717, 1.165) is 6.33 Å². The smallest absolute Gasteiger partial charge is 0.263 e. The van der Waals surface area contributed by atoms with Gasteiger partial charge in [0.1, 0.15) is 24.4 Å². The number of nitrogens with one attached hydrogen (secondary N) is 1. The maximum absolute atomic E-state index is 12.7. The summed E-state index contributed by atoms with van der Waals surface area (Å²) in [5, 5.41) is 9.04. The lowest BCUT2D eigenvalue weighted by Crippen LogP contribution is -2.15. The second-order valence-corrected chi connectivity index (χ2v) is 7.31. The number of nitrogens with zero attached hydrogens (tertiary/aromatic N) is 2. The Morgan fingerprint density at radius 2 is 1.79 bits per heavy atom. The molecule has 0 unspecified atom stereocenters. The molecule has 1 heterocycles. The normalized spacial score (nSPS) is 11.0. The van der Waals surface area contributed by atoms with Gasteiger partial charge in [0.05, 0.1) is 18.6 Å². The molecular formula is C19H19N3O6S. The van der Waals surface area contributed by atoms with Crippen LogP contribution in [0.3, 0.4) is 0 Å². The van der Waals surface area contributed by atoms with E-state index in [2.05, 4.69) is 14.7 Å². The standard InChI is InChI=1S/C19H19N3O6S/c1-26-14-6-5-7-15(12-14)28-17-18(20-13-21-19(17)27-11-10-23)22-29(24,25)16-8-3-2-4-9-16/h2-9,12-13,23H,10-11H2,1H3,(H,20,21,22). The monoisotopic (exact) mass is 417 g/mol. The molecule has 10 heteroatoms. The predicted molar refractivity (Wildman–Crippen MR) is 105 cm³/mol. The average Bonchev–Trinajstić information content (AvgIpc) is 2.74. The lowest BCUT2D eigenvalue weighted by molar-refractivity contribution is 0.192. The van der Waals surface area contributed by atoms with Gasteiger partial charge in [-0.05, 0) is 24.3 Å². The molecule has 0 fully saturated rings. The number of anilines is 1. The van der Waals surface area contributed by atoms with Gasteiger partial charge in [-0.3, -0.25) is 4.72 Å². The van der Waals surface area contributed by atoms with Crippen molar-refractivity contribution in [3.63, 3.8) is 0 Å². The van der Waals surface area contributed by atoms with Crippen LogP contribution in [0.25, 0.3) is 0 Å². The van der Waals surface area contributed by atoms with Crippen molar-refractivity contribution in [1.82, 2.24) is 9.97 Å². The van der Waals surface area contributed by atoms with Gasteiger partial charge in [-0.15, -0.1) is 0 Å². The van der Waals surface area contributed by atoms with Crippen LogP contribution >= 0.6 is 0 Å². The Labute approximate surface area is 168 Å². The summed E-state index contributed by atoms with van der Waals surface area (Å²) < 4.78 is 44.2. The largest absolute Gasteiger partial charge is 0.497 e. The summed E-state index contributed by atoms with van der Waals surface area (Å²) in [5.74, 6) is 0.715. The van der Waals surface area contributed by atoms with Crippen LogP contribution in [-0.4, -0.2) is 43.8 Å². The fourth-order valence-electron chi connectivity index (χ4n) is 2.34. The second-order valence-electron chi connectivity index (χ2n) is 5.63. The van der Waals surface area contributed by atoms with Crippen LogP contribution < -0.4 is 18.9 Å². The highest BCUT2D eigenvalue weighted by molar-refractivity contribution is 7.92. The average molecular weight is 417 g/mol. The third-order valence-electron chi connectivity index (χ3n) is 3.65. The van der Waals surface area contributed by atoms with Gasteiger partial charge in [0.25, 0.3) is 15.9 Å². The fourth-order valence-corrected chi connectivity index (χ4v) is 3.37. The zero-order valence-corrected chi connectivity index (χ0v) is 16.3. The number of aliphatic hydroxyl groups is 1. The van der Waals surface area contributed by atoms with E-state index < -0.39 is 10.0 Å². The fraction of sp³-hybridized carbons (Fsp3) is 0.158. The zero-order chi connectivity index (χ0) is 20.7. The first kappa shape index (κ1) is 20.4. The molecule has 2 N–H and O–H groups in total. The van der Waals surface area contributed by atoms with Crippen LogP contribution in [-0.2, 0) is 10.0 Å². The minimum atomic E-state index is -3.93. The quantitative estimate of drug-likeness (QED) is 0.545. The van der Waals surface area contributed by atoms with Crippen LogP contribution in [0, 0.1) is 0 Å². The molecule has 0 aliphatic heterocycles. The topological polar surface area (TPSA) is 120 Å². The summed E-state index contributed by atoms with van der Waals surface area (Å²) >= 11 is 0. The van der Waals surface area contributed by atoms with Crippen molar-refractivity contribution in [2.24, 2.45) is 0 Å². The van der Waals surface area contributed by atoms with Gasteiger partial charge >= 0.3 is 0 Å². The molecule has 0 radical (unpaired) electrons. The number of hydrogen-bond acceptors (Lipinski definition) is 8. The van der Waals surface area contributed by atoms with Crippen LogP contribution in [0.2, 0.25) is 0 Å². The molecule has 152 valence electrons. The summed E-state index contributed by atoms with van der Waals surface area (Å²) in [4.78, 5) is 8.04. The minimum Gasteiger partial charge on any atom is -0.497 e. The van der Waals surface area contributed by atoms with Crippen molar-refractivity contribution >= 4 is 15.8 Å². The van der Waals surface area contributed by atoms with Crippen molar-refractivity contribution in [2.75, 3.05) is 25.0 Å². The maximum Gasteiger partial charge on any atom is 0.263 e. The lowest BCUT2D eigenvalue weighted by Gasteiger charge is -2.15. The Morgan fingerprint density at radius 3 is 2.52 bits per heavy atom. The highest BCUT2D eigenvalue weighted by Crippen LogP contribution is 2.37. The van der Waals surface area contributed by atoms with Crippen molar-refractivity contribution in [3.8, 4) is 23.1 Å². The number of hydrogen-bond donors (Lipinski definition) is 2. The Balaban J connectivity index is 1.99. The molecule has 0 saturated heterocycles. The van der Waals surface area contributed by atoms with E-state index in [1.807, 2.05) is 0 Å². The molecule has 1 aromatic heterocycles. The van der Waals surface area contributed by atoms with Crippen LogP contribution in [0.5, 0.6) is 23.1 Å². The molecule has 0 atom stereocenters. The summed E-state index contributed by atoms with van der Waals surface area (Å²) in [6.07, 6.45) is 1.13. The van der Waals surface area contributed by atoms with Gasteiger partial charge in [0.15, 0.2) is 5.82 Å². The Bertz CT molecular complexity index is 1060. The Kier molecular flexibility index (Phi) is 6.47. The SMILES string of the molecule is COc1cccc(Oc2c(NS(=O)(=O)c3ccccc3)ncnc2OCCO)c1. The summed E-state index contributed by atoms with van der Waals surface area (Å²) in [5.41, 5.74) is 0. The van der Waals surface area contributed by atoms with Gasteiger partial charge in [-0.2, -0.15) is 4.98 Å². The molecule has 0 aliphatic carbocycles. The molecule has 9 nitrogen and oxygen atoms in total. The number of sulfonamides is 1. The number of aliphatic hydroxyl groups excluding tert-OH is 1. The molecule has 0 aliphatic rings. The number of rotatable bonds is 9. The third-order valence-corrected chi connectivity index (χ3v) is 5.00. The predicted octanol–water partition coefficient (Wildman–Crippen LogP) is 2.45. The number of aromatic nitrogens is 2. The lowest BCUT2D eigenvalue weighted by atomic mass is 10.3. The van der Waals surface area contributed by atoms with Crippen molar-refractivity contribution < 1.29 is 27.7 Å². The van der Waals surface area contributed by atoms with E-state index in [4.69, 9.17) is 19.3 Å². The molecule has 3 rings (SSSR count). The first-order chi connectivity index (χ1) is 14.0. The molecule has 0 spiro atoms. The summed E-state index contributed by atoms with van der Waals surface area (Å²) in [6.45, 7) is -0.315. The van der Waals surface area contributed by atoms with Crippen molar-refractivity contribution in [1.29, 1.82) is 0 Å². The van der Waals surface area contributed by atoms with E-state index in [9.17, 15) is 8.42 Å². The number of ether oxygens (including phenoxy) is 3. The summed E-state index contributed by atoms with van der Waals surface area (Å²) in [7, 11) is -2.41. The highest BCUT2D eigenvalue weighted by atomic mass is 32.2. The zero-order valence-electron chi connectivity index (χ0n) is 15.5. The van der Waals surface area contributed by atoms with E-state index >= 15 is 0 Å². The van der Waals surface area contributed by atoms with Gasteiger partial charge in [-0.1, -0.05) is 24.3 Å². The Hall–Kier alpha value is -3.37. The number of benzene rings is 2. The van der Waals surface area contributed by atoms with Gasteiger partial charge in [-0.25, -0.2) is 13.4 Å². The minimum absolute atomic E-state index is 0.0253. The van der Waals surface area contributed by atoms with Gasteiger partial charge < -0.3 is 19.3 Å². The molecule has 29 heavy (non-hydrogen) atoms. The highest BCUT2D eigenvalue weighted by Gasteiger charge is 2.22. The molecule has 0 amide bonds. The summed E-state index contributed by atoms with van der Waals surface area (Å²) in [6, 6.07) is 14.5. The van der Waals surface area contributed by atoms with Crippen molar-refractivity contribution in [2.45, 2.75) is 4.90 Å². The molecule has 3 aromatic rings. The van der Waals surface area contributed by atoms with Gasteiger partial charge in [0, 0.05) is 6.07 Å². The molecule has 2 aromatic carbocycles. The first-order valence-electron chi connectivity index (χ1n) is 8.52. The maximum atomic E-state index is 12.7. The van der Waals surface area contributed by atoms with E-state index in [1.165, 1.54) is 19.2 Å². The van der Waals surface area contributed by atoms with E-state index in [0.29, 0.717) is 11.5 Å². The Morgan fingerprint density at radius 1 is 1.03 bits per heavy atom. The van der Waals surface area contributed by atoms with Gasteiger partial charge in [0.2, 0.25) is 5.75 Å². The van der Waals surface area contributed by atoms with E-state index in [-0.39, 0.29) is 35.6 Å². The van der Waals surface area contributed by atoms with Crippen LogP contribution in [0.1, 0.15) is 0 Å². The van der Waals surface area contributed by atoms with Crippen LogP contribution in [0.15, 0.2) is 65.8 Å². The number of methoxy groups -OCH3 is 1. The van der Waals surface area contributed by atoms with Crippen LogP contribution in [0.4, 0.5) is 5.82 Å².